The molecule has 2 heterocycles. The van der Waals surface area contributed by atoms with Gasteiger partial charge in [0.2, 0.25) is 0 Å². The number of hydrogen-bond donors (Lipinski definition) is 2. The molecule has 6 heteroatoms. The van der Waals surface area contributed by atoms with Crippen LogP contribution < -0.4 is 10.1 Å². The maximum absolute atomic E-state index is 12.7. The van der Waals surface area contributed by atoms with Gasteiger partial charge in [0, 0.05) is 30.5 Å². The molecule has 1 aliphatic heterocycles. The number of hydrogen-bond acceptors (Lipinski definition) is 5. The number of carbonyl (C=O) groups is 1. The van der Waals surface area contributed by atoms with E-state index in [0.717, 1.165) is 5.39 Å². The molecule has 2 N–H and O–H groups in total. The molecule has 4 rings (SSSR count). The van der Waals surface area contributed by atoms with Gasteiger partial charge in [0.25, 0.3) is 5.91 Å². The van der Waals surface area contributed by atoms with Crippen LogP contribution in [0.15, 0.2) is 59.0 Å². The van der Waals surface area contributed by atoms with Gasteiger partial charge in [0.1, 0.15) is 23.5 Å². The lowest BCUT2D eigenvalue weighted by atomic mass is 10.0. The Labute approximate surface area is 156 Å². The molecule has 1 aliphatic rings. The molecular formula is C21H21NO5. The van der Waals surface area contributed by atoms with E-state index in [9.17, 15) is 9.90 Å². The number of fused-ring (bicyclic) bond motifs is 1. The number of carbonyl (C=O) groups excluding carboxylic acids is 1. The number of furan rings is 1. The second kappa shape index (κ2) is 7.42. The Balaban J connectivity index is 1.56. The SMILES string of the molecule is O=C(NCC1(O)CCOC1)c1oc2ccccc2c1COc1ccccc1. The maximum atomic E-state index is 12.7. The molecule has 1 fully saturated rings. The van der Waals surface area contributed by atoms with Crippen molar-refractivity contribution in [2.45, 2.75) is 18.6 Å². The summed E-state index contributed by atoms with van der Waals surface area (Å²) in [4.78, 5) is 12.7. The Hall–Kier alpha value is -2.83. The minimum Gasteiger partial charge on any atom is -0.489 e. The van der Waals surface area contributed by atoms with Crippen molar-refractivity contribution >= 4 is 16.9 Å². The van der Waals surface area contributed by atoms with Crippen molar-refractivity contribution < 1.29 is 23.8 Å². The van der Waals surface area contributed by atoms with Gasteiger partial charge in [-0.3, -0.25) is 4.79 Å². The van der Waals surface area contributed by atoms with Crippen LogP contribution in [0.3, 0.4) is 0 Å². The van der Waals surface area contributed by atoms with Crippen LogP contribution in [0.5, 0.6) is 5.75 Å². The molecule has 2 aromatic carbocycles. The minimum absolute atomic E-state index is 0.113. The van der Waals surface area contributed by atoms with E-state index in [1.165, 1.54) is 0 Å². The largest absolute Gasteiger partial charge is 0.489 e. The van der Waals surface area contributed by atoms with Crippen molar-refractivity contribution in [1.82, 2.24) is 5.32 Å². The normalized spacial score (nSPS) is 19.3. The minimum atomic E-state index is -1.03. The van der Waals surface area contributed by atoms with Gasteiger partial charge in [-0.1, -0.05) is 36.4 Å². The van der Waals surface area contributed by atoms with E-state index in [1.54, 1.807) is 0 Å². The van der Waals surface area contributed by atoms with Crippen molar-refractivity contribution in [3.05, 3.63) is 65.9 Å². The number of benzene rings is 2. The van der Waals surface area contributed by atoms with Gasteiger partial charge in [0.15, 0.2) is 5.76 Å². The molecule has 1 amide bonds. The summed E-state index contributed by atoms with van der Waals surface area (Å²) in [6.07, 6.45) is 0.497. The fourth-order valence-corrected chi connectivity index (χ4v) is 3.16. The van der Waals surface area contributed by atoms with E-state index in [-0.39, 0.29) is 31.4 Å². The number of para-hydroxylation sites is 2. The van der Waals surface area contributed by atoms with Crippen LogP contribution in [0.25, 0.3) is 11.0 Å². The Morgan fingerprint density at radius 1 is 1.15 bits per heavy atom. The zero-order valence-electron chi connectivity index (χ0n) is 14.8. The van der Waals surface area contributed by atoms with Crippen molar-refractivity contribution in [3.8, 4) is 5.75 Å². The van der Waals surface area contributed by atoms with Gasteiger partial charge in [0.05, 0.1) is 6.61 Å². The molecule has 3 aromatic rings. The van der Waals surface area contributed by atoms with Gasteiger partial charge >= 0.3 is 0 Å². The number of rotatable bonds is 6. The number of amides is 1. The van der Waals surface area contributed by atoms with Gasteiger partial charge in [-0.15, -0.1) is 0 Å². The van der Waals surface area contributed by atoms with Gasteiger partial charge in [-0.05, 0) is 18.2 Å². The third-order valence-corrected chi connectivity index (χ3v) is 4.69. The van der Waals surface area contributed by atoms with Crippen LogP contribution in [0.4, 0.5) is 0 Å². The summed E-state index contributed by atoms with van der Waals surface area (Å²) >= 11 is 0. The molecule has 0 saturated carbocycles. The first-order valence-electron chi connectivity index (χ1n) is 8.91. The summed E-state index contributed by atoms with van der Waals surface area (Å²) in [5.74, 6) is 0.541. The van der Waals surface area contributed by atoms with Crippen LogP contribution >= 0.6 is 0 Å². The Morgan fingerprint density at radius 3 is 2.70 bits per heavy atom. The molecule has 0 radical (unpaired) electrons. The highest BCUT2D eigenvalue weighted by Gasteiger charge is 2.33. The molecule has 1 aromatic heterocycles. The molecule has 6 nitrogen and oxygen atoms in total. The number of nitrogens with one attached hydrogen (secondary N) is 1. The predicted molar refractivity (Wildman–Crippen MR) is 99.7 cm³/mol. The lowest BCUT2D eigenvalue weighted by molar-refractivity contribution is 0.0261. The van der Waals surface area contributed by atoms with E-state index in [1.807, 2.05) is 54.6 Å². The van der Waals surface area contributed by atoms with Crippen LogP contribution in [-0.2, 0) is 11.3 Å². The Kier molecular flexibility index (Phi) is 4.83. The second-order valence-electron chi connectivity index (χ2n) is 6.72. The van der Waals surface area contributed by atoms with Gasteiger partial charge in [-0.2, -0.15) is 0 Å². The van der Waals surface area contributed by atoms with E-state index in [2.05, 4.69) is 5.32 Å². The van der Waals surface area contributed by atoms with Gasteiger partial charge < -0.3 is 24.3 Å². The second-order valence-corrected chi connectivity index (χ2v) is 6.72. The molecule has 0 aliphatic carbocycles. The number of ether oxygens (including phenoxy) is 2. The first kappa shape index (κ1) is 17.6. The molecule has 0 bridgehead atoms. The van der Waals surface area contributed by atoms with Crippen molar-refractivity contribution in [3.63, 3.8) is 0 Å². The van der Waals surface area contributed by atoms with Crippen molar-refractivity contribution in [2.24, 2.45) is 0 Å². The quantitative estimate of drug-likeness (QED) is 0.700. The smallest absolute Gasteiger partial charge is 0.287 e. The molecular weight excluding hydrogens is 346 g/mol. The summed E-state index contributed by atoms with van der Waals surface area (Å²) in [7, 11) is 0. The van der Waals surface area contributed by atoms with Crippen molar-refractivity contribution in [1.29, 1.82) is 0 Å². The standard InChI is InChI=1S/C21H21NO5/c23-20(22-13-21(24)10-11-25-14-21)19-17(12-26-15-6-2-1-3-7-15)16-8-4-5-9-18(16)27-19/h1-9,24H,10-14H2,(H,22,23). The zero-order valence-corrected chi connectivity index (χ0v) is 14.8. The van der Waals surface area contributed by atoms with Crippen LogP contribution in [0.1, 0.15) is 22.5 Å². The van der Waals surface area contributed by atoms with Crippen molar-refractivity contribution in [2.75, 3.05) is 19.8 Å². The van der Waals surface area contributed by atoms with E-state index < -0.39 is 5.60 Å². The highest BCUT2D eigenvalue weighted by Crippen LogP contribution is 2.27. The zero-order chi connectivity index (χ0) is 18.7. The lowest BCUT2D eigenvalue weighted by Crippen LogP contribution is -2.43. The molecule has 140 valence electrons. The fraction of sp³-hybridized carbons (Fsp3) is 0.286. The summed E-state index contributed by atoms with van der Waals surface area (Å²) in [6, 6.07) is 16.9. The molecule has 1 unspecified atom stereocenters. The van der Waals surface area contributed by atoms with E-state index in [4.69, 9.17) is 13.9 Å². The van der Waals surface area contributed by atoms with Crippen LogP contribution in [0, 0.1) is 0 Å². The average Bonchev–Trinajstić information content (AvgIpc) is 3.29. The molecule has 1 saturated heterocycles. The predicted octanol–water partition coefficient (Wildman–Crippen LogP) is 2.89. The highest BCUT2D eigenvalue weighted by molar-refractivity contribution is 5.99. The number of aliphatic hydroxyl groups is 1. The summed E-state index contributed by atoms with van der Waals surface area (Å²) in [6.45, 7) is 1.03. The average molecular weight is 367 g/mol. The Bertz CT molecular complexity index is 928. The fourth-order valence-electron chi connectivity index (χ4n) is 3.16. The first-order valence-corrected chi connectivity index (χ1v) is 8.91. The topological polar surface area (TPSA) is 80.9 Å². The molecule has 0 spiro atoms. The summed E-state index contributed by atoms with van der Waals surface area (Å²) in [5, 5.41) is 14.0. The van der Waals surface area contributed by atoms with Crippen LogP contribution in [-0.4, -0.2) is 36.4 Å². The van der Waals surface area contributed by atoms with E-state index in [0.29, 0.717) is 29.9 Å². The van der Waals surface area contributed by atoms with Crippen LogP contribution in [0.2, 0.25) is 0 Å². The maximum Gasteiger partial charge on any atom is 0.287 e. The molecule has 27 heavy (non-hydrogen) atoms. The first-order chi connectivity index (χ1) is 13.1. The lowest BCUT2D eigenvalue weighted by Gasteiger charge is -2.20. The third-order valence-electron chi connectivity index (χ3n) is 4.69. The highest BCUT2D eigenvalue weighted by atomic mass is 16.5. The summed E-state index contributed by atoms with van der Waals surface area (Å²) < 4.78 is 16.8. The molecule has 1 atom stereocenters. The van der Waals surface area contributed by atoms with Gasteiger partial charge in [-0.25, -0.2) is 0 Å². The monoisotopic (exact) mass is 367 g/mol. The summed E-state index contributed by atoms with van der Waals surface area (Å²) in [5.41, 5.74) is 0.279. The van der Waals surface area contributed by atoms with E-state index >= 15 is 0 Å². The Morgan fingerprint density at radius 2 is 1.93 bits per heavy atom. The third kappa shape index (κ3) is 3.82.